The number of carbonyl (C=O) groups excluding carboxylic acids is 1. The lowest BCUT2D eigenvalue weighted by Gasteiger charge is -2.28. The lowest BCUT2D eigenvalue weighted by molar-refractivity contribution is -0.121. The molecule has 0 aromatic heterocycles. The Hall–Kier alpha value is -1.00. The van der Waals surface area contributed by atoms with Crippen LogP contribution in [0.25, 0.3) is 0 Å². The summed E-state index contributed by atoms with van der Waals surface area (Å²) in [6, 6.07) is 10.5. The van der Waals surface area contributed by atoms with E-state index in [1.54, 1.807) is 11.8 Å². The van der Waals surface area contributed by atoms with Gasteiger partial charge in [0.05, 0.1) is 5.25 Å². The molecule has 2 N–H and O–H groups in total. The number of nitrogens with one attached hydrogen (secondary N) is 1. The molecule has 0 aliphatic heterocycles. The monoisotopic (exact) mass is 307 g/mol. The average molecular weight is 307 g/mol. The molecule has 1 aromatic carbocycles. The fourth-order valence-electron chi connectivity index (χ4n) is 2.68. The number of hydrogen-bond acceptors (Lipinski definition) is 3. The third kappa shape index (κ3) is 5.36. The van der Waals surface area contributed by atoms with E-state index in [9.17, 15) is 4.79 Å². The summed E-state index contributed by atoms with van der Waals surface area (Å²) in [5.41, 5.74) is 1.26. The predicted octanol–water partition coefficient (Wildman–Crippen LogP) is 2.98. The maximum absolute atomic E-state index is 12.2. The number of aliphatic hydroxyl groups is 1. The smallest absolute Gasteiger partial charge is 0.233 e. The van der Waals surface area contributed by atoms with Gasteiger partial charge in [-0.15, -0.1) is 11.8 Å². The molecule has 1 unspecified atom stereocenters. The third-order valence-corrected chi connectivity index (χ3v) is 5.38. The van der Waals surface area contributed by atoms with Crippen molar-refractivity contribution in [2.75, 3.05) is 6.61 Å². The van der Waals surface area contributed by atoms with Gasteiger partial charge in [-0.2, -0.15) is 0 Å². The molecule has 0 heterocycles. The van der Waals surface area contributed by atoms with Crippen LogP contribution in [0.2, 0.25) is 0 Å². The number of carbonyl (C=O) groups is 1. The van der Waals surface area contributed by atoms with Crippen molar-refractivity contribution >= 4 is 17.7 Å². The second kappa shape index (κ2) is 8.44. The molecule has 1 aromatic rings. The van der Waals surface area contributed by atoms with Gasteiger partial charge >= 0.3 is 0 Å². The second-order valence-corrected chi connectivity index (χ2v) is 7.18. The maximum atomic E-state index is 12.2. The Labute approximate surface area is 131 Å². The largest absolute Gasteiger partial charge is 0.396 e. The zero-order chi connectivity index (χ0) is 15.1. The molecule has 0 spiro atoms. The summed E-state index contributed by atoms with van der Waals surface area (Å²) in [5, 5.41) is 12.3. The fraction of sp³-hybridized carbons (Fsp3) is 0.588. The highest BCUT2D eigenvalue weighted by Crippen LogP contribution is 2.24. The molecule has 1 aliphatic rings. The standard InChI is InChI=1S/C17H25NO2S/c1-13(21-12-15-5-3-2-4-6-15)17(20)18-16-9-7-14(11-19)8-10-16/h2-6,13-14,16,19H,7-12H2,1H3,(H,18,20). The lowest BCUT2D eigenvalue weighted by Crippen LogP contribution is -2.41. The van der Waals surface area contributed by atoms with Crippen LogP contribution in [0.15, 0.2) is 30.3 Å². The highest BCUT2D eigenvalue weighted by atomic mass is 32.2. The number of aliphatic hydroxyl groups excluding tert-OH is 1. The number of rotatable bonds is 6. The van der Waals surface area contributed by atoms with Crippen LogP contribution >= 0.6 is 11.8 Å². The Kier molecular flexibility index (Phi) is 6.58. The third-order valence-electron chi connectivity index (χ3n) is 4.16. The summed E-state index contributed by atoms with van der Waals surface area (Å²) in [6.45, 7) is 2.26. The van der Waals surface area contributed by atoms with Crippen molar-refractivity contribution in [3.05, 3.63) is 35.9 Å². The molecular weight excluding hydrogens is 282 g/mol. The summed E-state index contributed by atoms with van der Waals surface area (Å²) < 4.78 is 0. The van der Waals surface area contributed by atoms with Gasteiger partial charge in [0.15, 0.2) is 0 Å². The van der Waals surface area contributed by atoms with Crippen molar-refractivity contribution in [1.29, 1.82) is 0 Å². The molecule has 2 rings (SSSR count). The topological polar surface area (TPSA) is 49.3 Å². The van der Waals surface area contributed by atoms with Crippen LogP contribution in [-0.2, 0) is 10.5 Å². The molecule has 116 valence electrons. The van der Waals surface area contributed by atoms with Crippen LogP contribution in [-0.4, -0.2) is 28.9 Å². The Morgan fingerprint density at radius 3 is 2.57 bits per heavy atom. The Morgan fingerprint density at radius 1 is 1.29 bits per heavy atom. The Morgan fingerprint density at radius 2 is 1.95 bits per heavy atom. The van der Waals surface area contributed by atoms with Crippen LogP contribution < -0.4 is 5.32 Å². The van der Waals surface area contributed by atoms with Crippen LogP contribution in [0.5, 0.6) is 0 Å². The lowest BCUT2D eigenvalue weighted by atomic mass is 9.86. The van der Waals surface area contributed by atoms with E-state index in [1.807, 2.05) is 25.1 Å². The van der Waals surface area contributed by atoms with Crippen molar-refractivity contribution in [3.8, 4) is 0 Å². The first-order valence-electron chi connectivity index (χ1n) is 7.75. The van der Waals surface area contributed by atoms with E-state index in [-0.39, 0.29) is 17.8 Å². The SMILES string of the molecule is CC(SCc1ccccc1)C(=O)NC1CCC(CO)CC1. The predicted molar refractivity (Wildman–Crippen MR) is 88.2 cm³/mol. The van der Waals surface area contributed by atoms with Gasteiger partial charge in [-0.25, -0.2) is 0 Å². The molecule has 1 atom stereocenters. The first-order chi connectivity index (χ1) is 10.2. The molecule has 4 heteroatoms. The molecular formula is C17H25NO2S. The van der Waals surface area contributed by atoms with Crippen molar-refractivity contribution in [1.82, 2.24) is 5.32 Å². The van der Waals surface area contributed by atoms with Gasteiger partial charge < -0.3 is 10.4 Å². The summed E-state index contributed by atoms with van der Waals surface area (Å²) in [7, 11) is 0. The molecule has 21 heavy (non-hydrogen) atoms. The minimum atomic E-state index is -0.0271. The number of benzene rings is 1. The van der Waals surface area contributed by atoms with Crippen LogP contribution in [0.3, 0.4) is 0 Å². The highest BCUT2D eigenvalue weighted by molar-refractivity contribution is 7.99. The molecule has 1 fully saturated rings. The molecule has 0 saturated heterocycles. The van der Waals surface area contributed by atoms with Crippen molar-refractivity contribution < 1.29 is 9.90 Å². The zero-order valence-corrected chi connectivity index (χ0v) is 13.4. The normalized spacial score (nSPS) is 23.5. The molecule has 1 aliphatic carbocycles. The van der Waals surface area contributed by atoms with E-state index in [0.717, 1.165) is 31.4 Å². The summed E-state index contributed by atoms with van der Waals surface area (Å²) in [5.74, 6) is 1.44. The van der Waals surface area contributed by atoms with Crippen molar-refractivity contribution in [2.24, 2.45) is 5.92 Å². The van der Waals surface area contributed by atoms with Crippen molar-refractivity contribution in [2.45, 2.75) is 49.7 Å². The van der Waals surface area contributed by atoms with Crippen LogP contribution in [0.1, 0.15) is 38.2 Å². The quantitative estimate of drug-likeness (QED) is 0.849. The average Bonchev–Trinajstić information content (AvgIpc) is 2.54. The number of thioether (sulfide) groups is 1. The molecule has 0 bridgehead atoms. The molecule has 1 amide bonds. The highest BCUT2D eigenvalue weighted by Gasteiger charge is 2.23. The number of hydrogen-bond donors (Lipinski definition) is 2. The van der Waals surface area contributed by atoms with Crippen LogP contribution in [0, 0.1) is 5.92 Å². The van der Waals surface area contributed by atoms with E-state index in [0.29, 0.717) is 12.0 Å². The number of amides is 1. The first-order valence-corrected chi connectivity index (χ1v) is 8.80. The van der Waals surface area contributed by atoms with E-state index in [1.165, 1.54) is 5.56 Å². The van der Waals surface area contributed by atoms with Crippen LogP contribution in [0.4, 0.5) is 0 Å². The minimum absolute atomic E-state index is 0.0271. The second-order valence-electron chi connectivity index (χ2n) is 5.85. The van der Waals surface area contributed by atoms with Gasteiger partial charge in [0, 0.05) is 18.4 Å². The van der Waals surface area contributed by atoms with Gasteiger partial charge in [-0.05, 0) is 44.1 Å². The zero-order valence-electron chi connectivity index (χ0n) is 12.6. The fourth-order valence-corrected chi connectivity index (χ4v) is 3.53. The Bertz CT molecular complexity index is 430. The van der Waals surface area contributed by atoms with E-state index in [4.69, 9.17) is 5.11 Å². The first kappa shape index (κ1) is 16.4. The summed E-state index contributed by atoms with van der Waals surface area (Å²) in [4.78, 5) is 12.2. The Balaban J connectivity index is 1.70. The minimum Gasteiger partial charge on any atom is -0.396 e. The molecule has 0 radical (unpaired) electrons. The van der Waals surface area contributed by atoms with E-state index in [2.05, 4.69) is 17.4 Å². The molecule has 3 nitrogen and oxygen atoms in total. The van der Waals surface area contributed by atoms with Gasteiger partial charge in [0.2, 0.25) is 5.91 Å². The van der Waals surface area contributed by atoms with Gasteiger partial charge in [-0.3, -0.25) is 4.79 Å². The van der Waals surface area contributed by atoms with Gasteiger partial charge in [0.1, 0.15) is 0 Å². The maximum Gasteiger partial charge on any atom is 0.233 e. The van der Waals surface area contributed by atoms with E-state index < -0.39 is 0 Å². The van der Waals surface area contributed by atoms with Gasteiger partial charge in [0.25, 0.3) is 0 Å². The van der Waals surface area contributed by atoms with E-state index >= 15 is 0 Å². The summed E-state index contributed by atoms with van der Waals surface area (Å²) >= 11 is 1.68. The summed E-state index contributed by atoms with van der Waals surface area (Å²) in [6.07, 6.45) is 4.03. The van der Waals surface area contributed by atoms with Crippen molar-refractivity contribution in [3.63, 3.8) is 0 Å². The van der Waals surface area contributed by atoms with Gasteiger partial charge in [-0.1, -0.05) is 30.3 Å². The molecule has 1 saturated carbocycles.